The van der Waals surface area contributed by atoms with Crippen molar-refractivity contribution in [2.75, 3.05) is 25.3 Å². The molecule has 0 atom stereocenters. The second-order valence-corrected chi connectivity index (χ2v) is 5.67. The van der Waals surface area contributed by atoms with Crippen molar-refractivity contribution in [2.24, 2.45) is 10.7 Å². The van der Waals surface area contributed by atoms with Crippen LogP contribution in [-0.4, -0.2) is 20.4 Å². The van der Waals surface area contributed by atoms with E-state index in [4.69, 9.17) is 25.0 Å². The minimum Gasteiger partial charge on any atom is -0.493 e. The number of hydrogen-bond acceptors (Lipinski definition) is 7. The number of methoxy groups -OCH3 is 1. The van der Waals surface area contributed by atoms with E-state index in [1.807, 2.05) is 42.2 Å². The first kappa shape index (κ1) is 15.6. The maximum atomic E-state index is 6.47. The van der Waals surface area contributed by atoms with Gasteiger partial charge in [-0.3, -0.25) is 4.99 Å². The van der Waals surface area contributed by atoms with Gasteiger partial charge in [0, 0.05) is 11.3 Å². The van der Waals surface area contributed by atoms with Crippen molar-refractivity contribution < 1.29 is 19.2 Å². The molecule has 2 aromatic carbocycles. The number of nitrogens with zero attached hydrogens (tertiary/aromatic N) is 2. The Kier molecular flexibility index (Phi) is 3.85. The molecule has 0 amide bonds. The van der Waals surface area contributed by atoms with Crippen LogP contribution in [0.2, 0.25) is 0 Å². The molecule has 0 bridgehead atoms. The van der Waals surface area contributed by atoms with Crippen LogP contribution in [0, 0.1) is 0 Å². The fourth-order valence-electron chi connectivity index (χ4n) is 3.07. The predicted molar refractivity (Wildman–Crippen MR) is 91.7 cm³/mol. The zero-order chi connectivity index (χ0) is 17.4. The van der Waals surface area contributed by atoms with Crippen LogP contribution in [0.25, 0.3) is 5.82 Å². The molecule has 0 radical (unpaired) electrons. The molecule has 0 fully saturated rings. The number of anilines is 1. The molecule has 25 heavy (non-hydrogen) atoms. The minimum absolute atomic E-state index is 0.384. The molecule has 7 nitrogen and oxygen atoms in total. The number of ether oxygens (including phenoxy) is 2. The molecule has 2 heterocycles. The highest BCUT2D eigenvalue weighted by molar-refractivity contribution is 5.72. The molecule has 0 aliphatic carbocycles. The number of nitrogens with two attached hydrogens (primary N) is 1. The number of rotatable bonds is 4. The Hall–Kier alpha value is -2.93. The minimum atomic E-state index is 0.384. The van der Waals surface area contributed by atoms with Gasteiger partial charge in [0.25, 0.3) is 0 Å². The molecular weight excluding hydrogens is 322 g/mol. The van der Waals surface area contributed by atoms with Gasteiger partial charge in [0.1, 0.15) is 19.1 Å². The summed E-state index contributed by atoms with van der Waals surface area (Å²) < 4.78 is 11.1. The summed E-state index contributed by atoms with van der Waals surface area (Å²) in [6, 6.07) is 9.49. The molecule has 0 spiro atoms. The quantitative estimate of drug-likeness (QED) is 0.837. The maximum Gasteiger partial charge on any atom is 0.173 e. The average molecular weight is 341 g/mol. The van der Waals surface area contributed by atoms with Gasteiger partial charge in [-0.15, -0.1) is 0 Å². The maximum absolute atomic E-state index is 6.47. The molecule has 7 heteroatoms. The standard InChI is InChI=1S/C18H19N3O4/c1-3-23-17-8-13-11(7-16(17)22-2)18(19)21(10-20-13)14-5-4-6-15-12(14)9-24-25-15/h4-8H,3,9-10,19H2,1-2H3. The zero-order valence-corrected chi connectivity index (χ0v) is 14.1. The summed E-state index contributed by atoms with van der Waals surface area (Å²) in [6.07, 6.45) is 0. The van der Waals surface area contributed by atoms with Crippen molar-refractivity contribution >= 4 is 11.5 Å². The molecule has 0 unspecified atom stereocenters. The highest BCUT2D eigenvalue weighted by Gasteiger charge is 2.24. The normalized spacial score (nSPS) is 15.1. The lowest BCUT2D eigenvalue weighted by Gasteiger charge is -2.27. The Bertz CT molecular complexity index is 942. The van der Waals surface area contributed by atoms with Crippen molar-refractivity contribution in [3.05, 3.63) is 46.5 Å². The van der Waals surface area contributed by atoms with Crippen LogP contribution in [0.3, 0.4) is 0 Å². The second kappa shape index (κ2) is 6.18. The van der Waals surface area contributed by atoms with Crippen molar-refractivity contribution in [1.82, 2.24) is 0 Å². The van der Waals surface area contributed by atoms with Crippen LogP contribution in [0.4, 0.5) is 5.69 Å². The SMILES string of the molecule is CCOc1cc2c(cc1OC)=C(N)N(c1cccc3c1COO3)CN=2. The third kappa shape index (κ3) is 2.53. The van der Waals surface area contributed by atoms with Crippen molar-refractivity contribution in [3.63, 3.8) is 0 Å². The van der Waals surface area contributed by atoms with Gasteiger partial charge in [-0.1, -0.05) is 6.07 Å². The van der Waals surface area contributed by atoms with Crippen LogP contribution < -0.4 is 35.6 Å². The van der Waals surface area contributed by atoms with Crippen LogP contribution in [-0.2, 0) is 11.5 Å². The highest BCUT2D eigenvalue weighted by Crippen LogP contribution is 2.35. The summed E-state index contributed by atoms with van der Waals surface area (Å²) in [5.74, 6) is 2.61. The van der Waals surface area contributed by atoms with E-state index in [9.17, 15) is 0 Å². The van der Waals surface area contributed by atoms with Gasteiger partial charge in [-0.05, 0) is 25.1 Å². The molecule has 4 rings (SSSR count). The number of benzene rings is 2. The van der Waals surface area contributed by atoms with E-state index in [0.717, 1.165) is 21.8 Å². The average Bonchev–Trinajstić information content (AvgIpc) is 3.11. The van der Waals surface area contributed by atoms with E-state index in [1.54, 1.807) is 7.11 Å². The van der Waals surface area contributed by atoms with Gasteiger partial charge >= 0.3 is 0 Å². The van der Waals surface area contributed by atoms with Crippen molar-refractivity contribution in [1.29, 1.82) is 0 Å². The van der Waals surface area contributed by atoms with Gasteiger partial charge in [0.15, 0.2) is 17.2 Å². The van der Waals surface area contributed by atoms with Gasteiger partial charge in [-0.2, -0.15) is 4.89 Å². The predicted octanol–water partition coefficient (Wildman–Crippen LogP) is 1.04. The van der Waals surface area contributed by atoms with Crippen LogP contribution in [0.5, 0.6) is 17.2 Å². The lowest BCUT2D eigenvalue weighted by molar-refractivity contribution is -0.194. The zero-order valence-electron chi connectivity index (χ0n) is 14.1. The van der Waals surface area contributed by atoms with Crippen LogP contribution in [0.15, 0.2) is 35.3 Å². The summed E-state index contributed by atoms with van der Waals surface area (Å²) in [5.41, 5.74) is 8.35. The largest absolute Gasteiger partial charge is 0.493 e. The third-order valence-corrected chi connectivity index (χ3v) is 4.28. The number of hydrogen-bond donors (Lipinski definition) is 1. The summed E-state index contributed by atoms with van der Waals surface area (Å²) >= 11 is 0. The smallest absolute Gasteiger partial charge is 0.173 e. The molecular formula is C18H19N3O4. The van der Waals surface area contributed by atoms with Gasteiger partial charge in [0.2, 0.25) is 0 Å². The van der Waals surface area contributed by atoms with E-state index < -0.39 is 0 Å². The lowest BCUT2D eigenvalue weighted by atomic mass is 10.1. The van der Waals surface area contributed by atoms with Crippen LogP contribution in [0.1, 0.15) is 12.5 Å². The Labute approximate surface area is 144 Å². The molecule has 130 valence electrons. The van der Waals surface area contributed by atoms with Crippen molar-refractivity contribution in [2.45, 2.75) is 13.5 Å². The Morgan fingerprint density at radius 1 is 1.28 bits per heavy atom. The molecule has 2 aliphatic rings. The Morgan fingerprint density at radius 2 is 2.16 bits per heavy atom. The molecule has 2 N–H and O–H groups in total. The van der Waals surface area contributed by atoms with Crippen molar-refractivity contribution in [3.8, 4) is 17.2 Å². The molecule has 2 aromatic rings. The topological polar surface area (TPSA) is 78.5 Å². The summed E-state index contributed by atoms with van der Waals surface area (Å²) in [6.45, 7) is 3.27. The Balaban J connectivity index is 1.85. The van der Waals surface area contributed by atoms with E-state index in [2.05, 4.69) is 4.99 Å². The Morgan fingerprint density at radius 3 is 2.96 bits per heavy atom. The fourth-order valence-corrected chi connectivity index (χ4v) is 3.07. The van der Waals surface area contributed by atoms with Gasteiger partial charge < -0.3 is 25.0 Å². The molecule has 0 aromatic heterocycles. The van der Waals surface area contributed by atoms with Crippen LogP contribution >= 0.6 is 0 Å². The summed E-state index contributed by atoms with van der Waals surface area (Å²) in [4.78, 5) is 16.9. The number of fused-ring (bicyclic) bond motifs is 2. The fraction of sp³-hybridized carbons (Fsp3) is 0.278. The first-order valence-corrected chi connectivity index (χ1v) is 8.07. The lowest BCUT2D eigenvalue weighted by Crippen LogP contribution is -2.44. The molecule has 2 aliphatic heterocycles. The van der Waals surface area contributed by atoms with E-state index >= 15 is 0 Å². The first-order valence-electron chi connectivity index (χ1n) is 8.07. The molecule has 0 saturated heterocycles. The third-order valence-electron chi connectivity index (χ3n) is 4.28. The first-order chi connectivity index (χ1) is 12.2. The van der Waals surface area contributed by atoms with Gasteiger partial charge in [-0.25, -0.2) is 0 Å². The van der Waals surface area contributed by atoms with Gasteiger partial charge in [0.05, 0.1) is 30.3 Å². The highest BCUT2D eigenvalue weighted by atomic mass is 17.2. The van der Waals surface area contributed by atoms with E-state index in [0.29, 0.717) is 43.0 Å². The monoisotopic (exact) mass is 341 g/mol. The van der Waals surface area contributed by atoms with E-state index in [-0.39, 0.29) is 0 Å². The molecule has 0 saturated carbocycles. The van der Waals surface area contributed by atoms with E-state index in [1.165, 1.54) is 0 Å². The summed E-state index contributed by atoms with van der Waals surface area (Å²) in [5, 5.41) is 1.60. The summed E-state index contributed by atoms with van der Waals surface area (Å²) in [7, 11) is 1.61. The second-order valence-electron chi connectivity index (χ2n) is 5.67.